The fourth-order valence-electron chi connectivity index (χ4n) is 4.25. The van der Waals surface area contributed by atoms with Gasteiger partial charge in [0.25, 0.3) is 5.91 Å². The molecule has 5 aromatic rings. The third kappa shape index (κ3) is 5.87. The number of ether oxygens (including phenoxy) is 1. The first kappa shape index (κ1) is 27.0. The van der Waals surface area contributed by atoms with E-state index in [-0.39, 0.29) is 5.56 Å². The van der Waals surface area contributed by atoms with Crippen molar-refractivity contribution in [3.63, 3.8) is 0 Å². The van der Waals surface area contributed by atoms with Gasteiger partial charge in [-0.1, -0.05) is 77.3 Å². The zero-order valence-electron chi connectivity index (χ0n) is 22.7. The lowest BCUT2D eigenvalue weighted by molar-refractivity contribution is -0.123. The van der Waals surface area contributed by atoms with Gasteiger partial charge in [0.15, 0.2) is 6.10 Å². The summed E-state index contributed by atoms with van der Waals surface area (Å²) < 4.78 is 5.49. The molecule has 0 saturated heterocycles. The maximum Gasteiger partial charge on any atom is 0.338 e. The molecule has 6 nitrogen and oxygen atoms in total. The van der Waals surface area contributed by atoms with Gasteiger partial charge in [-0.25, -0.2) is 14.8 Å². The Labute approximate surface area is 238 Å². The smallest absolute Gasteiger partial charge is 0.338 e. The molecular formula is C33H28ClN3O3. The minimum Gasteiger partial charge on any atom is -0.449 e. The summed E-state index contributed by atoms with van der Waals surface area (Å²) in [5, 5.41) is 3.27. The first-order chi connectivity index (χ1) is 19.2. The van der Waals surface area contributed by atoms with Crippen LogP contribution >= 0.6 is 11.6 Å². The predicted octanol–water partition coefficient (Wildman–Crippen LogP) is 7.73. The van der Waals surface area contributed by atoms with E-state index in [2.05, 4.69) is 5.32 Å². The minimum absolute atomic E-state index is 0.276. The van der Waals surface area contributed by atoms with Crippen LogP contribution in [0.3, 0.4) is 0 Å². The van der Waals surface area contributed by atoms with Crippen molar-refractivity contribution in [3.05, 3.63) is 112 Å². The summed E-state index contributed by atoms with van der Waals surface area (Å²) >= 11 is 6.05. The van der Waals surface area contributed by atoms with E-state index in [0.29, 0.717) is 27.4 Å². The van der Waals surface area contributed by atoms with Crippen LogP contribution in [-0.2, 0) is 9.53 Å². The highest BCUT2D eigenvalue weighted by Crippen LogP contribution is 2.32. The first-order valence-corrected chi connectivity index (χ1v) is 13.3. The van der Waals surface area contributed by atoms with Gasteiger partial charge in [0.1, 0.15) is 0 Å². The van der Waals surface area contributed by atoms with Gasteiger partial charge in [0, 0.05) is 21.8 Å². The Morgan fingerprint density at radius 3 is 1.93 bits per heavy atom. The van der Waals surface area contributed by atoms with E-state index in [0.717, 1.165) is 33.5 Å². The van der Waals surface area contributed by atoms with E-state index in [1.807, 2.05) is 69.3 Å². The van der Waals surface area contributed by atoms with Gasteiger partial charge in [0.2, 0.25) is 0 Å². The highest BCUT2D eigenvalue weighted by molar-refractivity contribution is 6.31. The number of amides is 1. The van der Waals surface area contributed by atoms with Crippen LogP contribution in [0.5, 0.6) is 0 Å². The van der Waals surface area contributed by atoms with Crippen LogP contribution in [0, 0.1) is 20.8 Å². The number of anilines is 1. The normalized spacial score (nSPS) is 11.7. The molecule has 4 aromatic carbocycles. The molecule has 0 fully saturated rings. The average molecular weight is 550 g/mol. The van der Waals surface area contributed by atoms with Crippen LogP contribution < -0.4 is 5.32 Å². The third-order valence-electron chi connectivity index (χ3n) is 6.66. The van der Waals surface area contributed by atoms with Gasteiger partial charge < -0.3 is 10.1 Å². The molecule has 1 unspecified atom stereocenters. The predicted molar refractivity (Wildman–Crippen MR) is 160 cm³/mol. The fraction of sp³-hybridized carbons (Fsp3) is 0.152. The highest BCUT2D eigenvalue weighted by atomic mass is 35.5. The molecule has 0 aliphatic rings. The molecule has 1 atom stereocenters. The molecule has 0 radical (unpaired) electrons. The van der Waals surface area contributed by atoms with Crippen LogP contribution in [0.2, 0.25) is 5.02 Å². The zero-order valence-corrected chi connectivity index (χ0v) is 23.4. The van der Waals surface area contributed by atoms with Crippen molar-refractivity contribution in [2.45, 2.75) is 33.8 Å². The van der Waals surface area contributed by atoms with Crippen LogP contribution in [-0.4, -0.2) is 27.9 Å². The van der Waals surface area contributed by atoms with Crippen LogP contribution in [0.15, 0.2) is 84.9 Å². The molecule has 0 aliphatic heterocycles. The number of rotatable bonds is 6. The van der Waals surface area contributed by atoms with Crippen LogP contribution in [0.4, 0.5) is 5.69 Å². The maximum absolute atomic E-state index is 13.0. The van der Waals surface area contributed by atoms with Gasteiger partial charge in [-0.3, -0.25) is 4.79 Å². The van der Waals surface area contributed by atoms with E-state index in [1.165, 1.54) is 6.92 Å². The lowest BCUT2D eigenvalue weighted by atomic mass is 10.0. The number of hydrogen-bond acceptors (Lipinski definition) is 5. The Bertz CT molecular complexity index is 1730. The van der Waals surface area contributed by atoms with Gasteiger partial charge in [0.05, 0.1) is 28.0 Å². The second kappa shape index (κ2) is 11.3. The largest absolute Gasteiger partial charge is 0.449 e. The average Bonchev–Trinajstić information content (AvgIpc) is 2.94. The van der Waals surface area contributed by atoms with Crippen LogP contribution in [0.25, 0.3) is 33.5 Å². The zero-order chi connectivity index (χ0) is 28.4. The molecule has 200 valence electrons. The highest BCUT2D eigenvalue weighted by Gasteiger charge is 2.21. The molecule has 1 aromatic heterocycles. The van der Waals surface area contributed by atoms with Gasteiger partial charge in [-0.05, 0) is 63.6 Å². The van der Waals surface area contributed by atoms with Crippen molar-refractivity contribution in [2.75, 3.05) is 5.32 Å². The molecule has 0 saturated carbocycles. The summed E-state index contributed by atoms with van der Waals surface area (Å²) in [6, 6.07) is 26.5. The molecule has 40 heavy (non-hydrogen) atoms. The van der Waals surface area contributed by atoms with Crippen molar-refractivity contribution >= 4 is 40.2 Å². The van der Waals surface area contributed by atoms with E-state index in [9.17, 15) is 9.59 Å². The summed E-state index contributed by atoms with van der Waals surface area (Å²) in [5.41, 5.74) is 8.52. The number of hydrogen-bond donors (Lipinski definition) is 1. The standard InChI is InChI=1S/C33H28ClN3O3/c1-19-5-10-23(11-6-19)30-31(24-12-7-20(2)8-13-24)36-29-17-25(14-16-27(29)35-30)33(39)40-22(4)32(38)37-28-18-26(34)15-9-21(28)3/h5-18,22H,1-4H3,(H,37,38). The number of esters is 1. The van der Waals surface area contributed by atoms with Crippen molar-refractivity contribution in [1.29, 1.82) is 0 Å². The summed E-state index contributed by atoms with van der Waals surface area (Å²) in [7, 11) is 0. The van der Waals surface area contributed by atoms with Crippen molar-refractivity contribution in [1.82, 2.24) is 9.97 Å². The van der Waals surface area contributed by atoms with Gasteiger partial charge in [-0.15, -0.1) is 0 Å². The summed E-state index contributed by atoms with van der Waals surface area (Å²) in [5.74, 6) is -1.09. The number of nitrogens with one attached hydrogen (secondary N) is 1. The Kier molecular flexibility index (Phi) is 7.63. The molecule has 0 aliphatic carbocycles. The number of aromatic nitrogens is 2. The Morgan fingerprint density at radius 2 is 1.32 bits per heavy atom. The van der Waals surface area contributed by atoms with Gasteiger partial charge in [-0.2, -0.15) is 0 Å². The number of halogens is 1. The molecule has 1 amide bonds. The monoisotopic (exact) mass is 549 g/mol. The second-order valence-corrected chi connectivity index (χ2v) is 10.3. The van der Waals surface area contributed by atoms with Gasteiger partial charge >= 0.3 is 5.97 Å². The molecule has 0 spiro atoms. The van der Waals surface area contributed by atoms with E-state index in [4.69, 9.17) is 26.3 Å². The fourth-order valence-corrected chi connectivity index (χ4v) is 4.42. The number of nitrogens with zero attached hydrogens (tertiary/aromatic N) is 2. The third-order valence-corrected chi connectivity index (χ3v) is 6.90. The van der Waals surface area contributed by atoms with Crippen molar-refractivity contribution < 1.29 is 14.3 Å². The Hall–Kier alpha value is -4.55. The van der Waals surface area contributed by atoms with E-state index in [1.54, 1.807) is 36.4 Å². The van der Waals surface area contributed by atoms with Crippen molar-refractivity contribution in [2.24, 2.45) is 0 Å². The summed E-state index contributed by atoms with van der Waals surface area (Å²) in [4.78, 5) is 35.6. The number of carbonyl (C=O) groups is 2. The molecular weight excluding hydrogens is 522 g/mol. The molecule has 1 heterocycles. The Balaban J connectivity index is 1.44. The molecule has 0 bridgehead atoms. The van der Waals surface area contributed by atoms with E-state index >= 15 is 0 Å². The number of fused-ring (bicyclic) bond motifs is 1. The molecule has 1 N–H and O–H groups in total. The van der Waals surface area contributed by atoms with Crippen molar-refractivity contribution in [3.8, 4) is 22.5 Å². The van der Waals surface area contributed by atoms with E-state index < -0.39 is 18.0 Å². The van der Waals surface area contributed by atoms with Crippen LogP contribution in [0.1, 0.15) is 34.0 Å². The quantitative estimate of drug-likeness (QED) is 0.219. The number of aryl methyl sites for hydroxylation is 3. The molecule has 7 heteroatoms. The minimum atomic E-state index is -1.03. The number of carbonyl (C=O) groups excluding carboxylic acids is 2. The maximum atomic E-state index is 13.0. The number of benzene rings is 4. The molecule has 5 rings (SSSR count). The first-order valence-electron chi connectivity index (χ1n) is 12.9. The summed E-state index contributed by atoms with van der Waals surface area (Å²) in [6.07, 6.45) is -1.03. The SMILES string of the molecule is Cc1ccc(-c2nc3ccc(C(=O)OC(C)C(=O)Nc4cc(Cl)ccc4C)cc3nc2-c2ccc(C)cc2)cc1. The summed E-state index contributed by atoms with van der Waals surface area (Å²) in [6.45, 7) is 7.46. The lowest BCUT2D eigenvalue weighted by Gasteiger charge is -2.15. The topological polar surface area (TPSA) is 81.2 Å². The lowest BCUT2D eigenvalue weighted by Crippen LogP contribution is -2.30. The Morgan fingerprint density at radius 1 is 0.750 bits per heavy atom. The second-order valence-electron chi connectivity index (χ2n) is 9.85.